The van der Waals surface area contributed by atoms with Crippen LogP contribution in [-0.4, -0.2) is 6.54 Å². The van der Waals surface area contributed by atoms with Gasteiger partial charge in [-0.2, -0.15) is 0 Å². The summed E-state index contributed by atoms with van der Waals surface area (Å²) in [5.41, 5.74) is 5.63. The summed E-state index contributed by atoms with van der Waals surface area (Å²) in [6.45, 7) is 5.33. The van der Waals surface area contributed by atoms with Gasteiger partial charge in [0.05, 0.1) is 12.3 Å². The maximum atomic E-state index is 5.76. The molecular weight excluding hydrogens is 258 g/mol. The van der Waals surface area contributed by atoms with Gasteiger partial charge < -0.3 is 9.73 Å². The van der Waals surface area contributed by atoms with Crippen LogP contribution in [0.15, 0.2) is 34.9 Å². The Morgan fingerprint density at radius 3 is 2.67 bits per heavy atom. The van der Waals surface area contributed by atoms with E-state index in [1.807, 2.05) is 6.07 Å². The van der Waals surface area contributed by atoms with E-state index in [-0.39, 0.29) is 6.04 Å². The van der Waals surface area contributed by atoms with Crippen molar-refractivity contribution in [3.05, 3.63) is 58.5 Å². The molecule has 0 aliphatic heterocycles. The van der Waals surface area contributed by atoms with E-state index in [0.717, 1.165) is 18.7 Å². The van der Waals surface area contributed by atoms with E-state index < -0.39 is 0 Å². The van der Waals surface area contributed by atoms with Crippen LogP contribution in [0, 0.1) is 6.92 Å². The first-order chi connectivity index (χ1) is 10.3. The number of hydrogen-bond donors (Lipinski definition) is 1. The highest BCUT2D eigenvalue weighted by atomic mass is 16.3. The van der Waals surface area contributed by atoms with Gasteiger partial charge in [0.25, 0.3) is 0 Å². The fourth-order valence-electron chi connectivity index (χ4n) is 3.26. The highest BCUT2D eigenvalue weighted by molar-refractivity contribution is 5.38. The molecule has 1 aliphatic carbocycles. The molecule has 1 N–H and O–H groups in total. The van der Waals surface area contributed by atoms with Gasteiger partial charge in [-0.05, 0) is 73.9 Å². The van der Waals surface area contributed by atoms with E-state index in [4.69, 9.17) is 4.42 Å². The maximum absolute atomic E-state index is 5.76. The number of aryl methyl sites for hydroxylation is 3. The normalized spacial score (nSPS) is 15.7. The predicted molar refractivity (Wildman–Crippen MR) is 86.7 cm³/mol. The highest BCUT2D eigenvalue weighted by Gasteiger charge is 2.20. The highest BCUT2D eigenvalue weighted by Crippen LogP contribution is 2.29. The third kappa shape index (κ3) is 3.06. The van der Waals surface area contributed by atoms with Crippen molar-refractivity contribution in [2.24, 2.45) is 0 Å². The van der Waals surface area contributed by atoms with Crippen molar-refractivity contribution in [2.75, 3.05) is 6.54 Å². The standard InChI is InChI=1S/C19H25NO/c1-3-11-20-18(19-14(2)10-12-21-19)17-9-8-15-6-4-5-7-16(15)13-17/h8-10,12-13,18,20H,3-7,11H2,1-2H3. The third-order valence-corrected chi connectivity index (χ3v) is 4.47. The smallest absolute Gasteiger partial charge is 0.128 e. The Balaban J connectivity index is 1.94. The zero-order valence-corrected chi connectivity index (χ0v) is 13.1. The van der Waals surface area contributed by atoms with E-state index >= 15 is 0 Å². The molecule has 0 saturated heterocycles. The second kappa shape index (κ2) is 6.48. The van der Waals surface area contributed by atoms with E-state index in [1.54, 1.807) is 6.26 Å². The average Bonchev–Trinajstić information content (AvgIpc) is 2.94. The number of nitrogens with one attached hydrogen (secondary N) is 1. The topological polar surface area (TPSA) is 25.2 Å². The van der Waals surface area contributed by atoms with Gasteiger partial charge in [-0.1, -0.05) is 25.1 Å². The summed E-state index contributed by atoms with van der Waals surface area (Å²) in [5, 5.41) is 3.64. The summed E-state index contributed by atoms with van der Waals surface area (Å²) in [6.07, 6.45) is 8.04. The zero-order chi connectivity index (χ0) is 14.7. The van der Waals surface area contributed by atoms with Crippen LogP contribution in [-0.2, 0) is 12.8 Å². The molecule has 2 aromatic rings. The zero-order valence-electron chi connectivity index (χ0n) is 13.1. The molecule has 1 aromatic carbocycles. The largest absolute Gasteiger partial charge is 0.467 e. The van der Waals surface area contributed by atoms with Crippen molar-refractivity contribution in [1.29, 1.82) is 0 Å². The lowest BCUT2D eigenvalue weighted by Crippen LogP contribution is -2.23. The van der Waals surface area contributed by atoms with Crippen molar-refractivity contribution < 1.29 is 4.42 Å². The molecule has 0 amide bonds. The number of hydrogen-bond acceptors (Lipinski definition) is 2. The van der Waals surface area contributed by atoms with Gasteiger partial charge in [0, 0.05) is 0 Å². The molecule has 3 rings (SSSR count). The minimum absolute atomic E-state index is 0.173. The lowest BCUT2D eigenvalue weighted by atomic mass is 9.88. The molecule has 0 bridgehead atoms. The van der Waals surface area contributed by atoms with Crippen LogP contribution in [0.4, 0.5) is 0 Å². The fraction of sp³-hybridized carbons (Fsp3) is 0.474. The lowest BCUT2D eigenvalue weighted by molar-refractivity contribution is 0.443. The minimum atomic E-state index is 0.173. The van der Waals surface area contributed by atoms with E-state index in [9.17, 15) is 0 Å². The molecule has 112 valence electrons. The summed E-state index contributed by atoms with van der Waals surface area (Å²) < 4.78 is 5.76. The average molecular weight is 283 g/mol. The van der Waals surface area contributed by atoms with Crippen LogP contribution >= 0.6 is 0 Å². The molecule has 0 fully saturated rings. The molecule has 2 heteroatoms. The first-order valence-corrected chi connectivity index (χ1v) is 8.18. The summed E-state index contributed by atoms with van der Waals surface area (Å²) in [7, 11) is 0. The van der Waals surface area contributed by atoms with Crippen LogP contribution in [0.1, 0.15) is 60.2 Å². The Morgan fingerprint density at radius 1 is 1.14 bits per heavy atom. The SMILES string of the molecule is CCCNC(c1ccc2c(c1)CCCC2)c1occc1C. The summed E-state index contributed by atoms with van der Waals surface area (Å²) >= 11 is 0. The molecule has 1 aromatic heterocycles. The Morgan fingerprint density at radius 2 is 1.95 bits per heavy atom. The van der Waals surface area contributed by atoms with Crippen LogP contribution in [0.25, 0.3) is 0 Å². The number of fused-ring (bicyclic) bond motifs is 1. The van der Waals surface area contributed by atoms with Crippen LogP contribution in [0.2, 0.25) is 0 Å². The van der Waals surface area contributed by atoms with Crippen LogP contribution in [0.5, 0.6) is 0 Å². The summed E-state index contributed by atoms with van der Waals surface area (Å²) in [5.74, 6) is 1.05. The van der Waals surface area contributed by atoms with Crippen molar-refractivity contribution >= 4 is 0 Å². The summed E-state index contributed by atoms with van der Waals surface area (Å²) in [6, 6.07) is 9.22. The molecule has 1 heterocycles. The van der Waals surface area contributed by atoms with Gasteiger partial charge >= 0.3 is 0 Å². The number of rotatable bonds is 5. The lowest BCUT2D eigenvalue weighted by Gasteiger charge is -2.22. The van der Waals surface area contributed by atoms with Crippen LogP contribution in [0.3, 0.4) is 0 Å². The van der Waals surface area contributed by atoms with E-state index in [2.05, 4.69) is 37.4 Å². The Kier molecular flexibility index (Phi) is 4.45. The number of furan rings is 1. The van der Waals surface area contributed by atoms with E-state index in [1.165, 1.54) is 47.9 Å². The Bertz CT molecular complexity index is 599. The Hall–Kier alpha value is -1.54. The van der Waals surface area contributed by atoms with Crippen molar-refractivity contribution in [3.8, 4) is 0 Å². The fourth-order valence-corrected chi connectivity index (χ4v) is 3.26. The molecule has 2 nitrogen and oxygen atoms in total. The van der Waals surface area contributed by atoms with Crippen molar-refractivity contribution in [2.45, 2.75) is 52.0 Å². The molecule has 1 unspecified atom stereocenters. The monoisotopic (exact) mass is 283 g/mol. The van der Waals surface area contributed by atoms with Gasteiger partial charge in [-0.15, -0.1) is 0 Å². The summed E-state index contributed by atoms with van der Waals surface area (Å²) in [4.78, 5) is 0. The second-order valence-corrected chi connectivity index (χ2v) is 6.09. The first kappa shape index (κ1) is 14.4. The molecule has 21 heavy (non-hydrogen) atoms. The third-order valence-electron chi connectivity index (χ3n) is 4.47. The van der Waals surface area contributed by atoms with E-state index in [0.29, 0.717) is 0 Å². The van der Waals surface area contributed by atoms with Crippen molar-refractivity contribution in [3.63, 3.8) is 0 Å². The van der Waals surface area contributed by atoms with Gasteiger partial charge in [-0.25, -0.2) is 0 Å². The molecule has 0 radical (unpaired) electrons. The molecule has 0 spiro atoms. The van der Waals surface area contributed by atoms with Gasteiger partial charge in [0.2, 0.25) is 0 Å². The molecular formula is C19H25NO. The molecule has 1 aliphatic rings. The molecule has 0 saturated carbocycles. The minimum Gasteiger partial charge on any atom is -0.467 e. The molecule has 1 atom stereocenters. The van der Waals surface area contributed by atoms with Gasteiger partial charge in [0.1, 0.15) is 5.76 Å². The quantitative estimate of drug-likeness (QED) is 0.870. The maximum Gasteiger partial charge on any atom is 0.128 e. The van der Waals surface area contributed by atoms with Gasteiger partial charge in [-0.3, -0.25) is 0 Å². The van der Waals surface area contributed by atoms with Crippen molar-refractivity contribution in [1.82, 2.24) is 5.32 Å². The predicted octanol–water partition coefficient (Wildman–Crippen LogP) is 4.56. The Labute approximate surface area is 127 Å². The van der Waals surface area contributed by atoms with Gasteiger partial charge in [0.15, 0.2) is 0 Å². The first-order valence-electron chi connectivity index (χ1n) is 8.18. The second-order valence-electron chi connectivity index (χ2n) is 6.09. The van der Waals surface area contributed by atoms with Crippen LogP contribution < -0.4 is 5.32 Å². The number of benzene rings is 1.